The van der Waals surface area contributed by atoms with Crippen molar-refractivity contribution in [1.29, 1.82) is 0 Å². The summed E-state index contributed by atoms with van der Waals surface area (Å²) in [7, 11) is 0. The molecule has 0 bridgehead atoms. The van der Waals surface area contributed by atoms with Crippen molar-refractivity contribution in [3.63, 3.8) is 0 Å². The number of hydrogen-bond acceptors (Lipinski definition) is 5. The van der Waals surface area contributed by atoms with Crippen molar-refractivity contribution in [3.8, 4) is 16.3 Å². The number of hydrogen-bond donors (Lipinski definition) is 2. The van der Waals surface area contributed by atoms with E-state index in [-0.39, 0.29) is 6.61 Å². The van der Waals surface area contributed by atoms with Crippen LogP contribution in [0.25, 0.3) is 20.8 Å². The van der Waals surface area contributed by atoms with Crippen LogP contribution in [0.3, 0.4) is 0 Å². The first kappa shape index (κ1) is 19.8. The van der Waals surface area contributed by atoms with Gasteiger partial charge in [0.05, 0.1) is 10.2 Å². The molecule has 2 N–H and O–H groups in total. The summed E-state index contributed by atoms with van der Waals surface area (Å²) >= 11 is 1.63. The van der Waals surface area contributed by atoms with Crippen molar-refractivity contribution in [2.45, 2.75) is 20.3 Å². The Kier molecular flexibility index (Phi) is 6.60. The Balaban J connectivity index is 1.49. The molecule has 3 rings (SSSR count). The van der Waals surface area contributed by atoms with Crippen LogP contribution in [0.5, 0.6) is 5.75 Å². The molecule has 0 saturated heterocycles. The molecule has 28 heavy (non-hydrogen) atoms. The molecule has 1 aromatic heterocycles. The summed E-state index contributed by atoms with van der Waals surface area (Å²) in [5, 5.41) is 5.84. The van der Waals surface area contributed by atoms with Crippen molar-refractivity contribution in [2.75, 3.05) is 13.2 Å². The van der Waals surface area contributed by atoms with Crippen LogP contribution in [0.15, 0.2) is 48.5 Å². The van der Waals surface area contributed by atoms with Gasteiger partial charge in [-0.15, -0.1) is 11.3 Å². The maximum Gasteiger partial charge on any atom is 0.321 e. The molecular weight excluding hydrogens is 374 g/mol. The Morgan fingerprint density at radius 2 is 1.86 bits per heavy atom. The number of imide groups is 1. The number of urea groups is 1. The molecule has 0 spiro atoms. The number of aromatic nitrogens is 1. The SMILES string of the molecule is CC(C)CCNC(=O)NC(=O)COc1ccc(-c2nc3ccccc3s2)cc1. The van der Waals surface area contributed by atoms with Gasteiger partial charge in [-0.1, -0.05) is 26.0 Å². The Morgan fingerprint density at radius 3 is 2.57 bits per heavy atom. The van der Waals surface area contributed by atoms with Crippen LogP contribution in [0.2, 0.25) is 0 Å². The first-order chi connectivity index (χ1) is 13.5. The van der Waals surface area contributed by atoms with Crippen LogP contribution in [0.4, 0.5) is 4.79 Å². The standard InChI is InChI=1S/C21H23N3O3S/c1-14(2)11-12-22-21(26)24-19(25)13-27-16-9-7-15(8-10-16)20-23-17-5-3-4-6-18(17)28-20/h3-10,14H,11-13H2,1-2H3,(H2,22,24,25,26). The highest BCUT2D eigenvalue weighted by Crippen LogP contribution is 2.30. The lowest BCUT2D eigenvalue weighted by Crippen LogP contribution is -2.42. The van der Waals surface area contributed by atoms with E-state index in [9.17, 15) is 9.59 Å². The quantitative estimate of drug-likeness (QED) is 0.626. The number of thiazole rings is 1. The van der Waals surface area contributed by atoms with E-state index < -0.39 is 11.9 Å². The molecule has 0 saturated carbocycles. The number of amides is 3. The molecule has 0 aliphatic rings. The van der Waals surface area contributed by atoms with Gasteiger partial charge >= 0.3 is 6.03 Å². The third-order valence-corrected chi connectivity index (χ3v) is 5.11. The van der Waals surface area contributed by atoms with E-state index in [2.05, 4.69) is 29.5 Å². The highest BCUT2D eigenvalue weighted by molar-refractivity contribution is 7.21. The second-order valence-corrected chi connectivity index (χ2v) is 7.82. The topological polar surface area (TPSA) is 80.3 Å². The van der Waals surface area contributed by atoms with Gasteiger partial charge in [0.25, 0.3) is 5.91 Å². The highest BCUT2D eigenvalue weighted by atomic mass is 32.1. The highest BCUT2D eigenvalue weighted by Gasteiger charge is 2.09. The minimum atomic E-state index is -0.500. The van der Waals surface area contributed by atoms with E-state index in [1.54, 1.807) is 23.5 Å². The molecule has 146 valence electrons. The summed E-state index contributed by atoms with van der Waals surface area (Å²) in [5.41, 5.74) is 1.97. The largest absolute Gasteiger partial charge is 0.484 e. The van der Waals surface area contributed by atoms with Gasteiger partial charge in [-0.05, 0) is 48.7 Å². The van der Waals surface area contributed by atoms with Crippen molar-refractivity contribution in [3.05, 3.63) is 48.5 Å². The van der Waals surface area contributed by atoms with Gasteiger partial charge < -0.3 is 10.1 Å². The fraction of sp³-hybridized carbons (Fsp3) is 0.286. The molecule has 2 aromatic carbocycles. The van der Waals surface area contributed by atoms with Crippen LogP contribution in [0.1, 0.15) is 20.3 Å². The van der Waals surface area contributed by atoms with Gasteiger partial charge in [0.1, 0.15) is 10.8 Å². The third-order valence-electron chi connectivity index (χ3n) is 4.03. The van der Waals surface area contributed by atoms with E-state index >= 15 is 0 Å². The second kappa shape index (κ2) is 9.32. The van der Waals surface area contributed by atoms with Crippen molar-refractivity contribution >= 4 is 33.5 Å². The molecular formula is C21H23N3O3S. The lowest BCUT2D eigenvalue weighted by atomic mass is 10.1. The number of para-hydroxylation sites is 1. The molecule has 1 heterocycles. The number of carbonyl (C=O) groups excluding carboxylic acids is 2. The van der Waals surface area contributed by atoms with Crippen LogP contribution in [-0.4, -0.2) is 30.1 Å². The number of ether oxygens (including phenoxy) is 1. The summed E-state index contributed by atoms with van der Waals surface area (Å²) in [5.74, 6) is 0.558. The van der Waals surface area contributed by atoms with Gasteiger partial charge in [0.2, 0.25) is 0 Å². The average molecular weight is 398 g/mol. The first-order valence-electron chi connectivity index (χ1n) is 9.18. The Hall–Kier alpha value is -2.93. The fourth-order valence-corrected chi connectivity index (χ4v) is 3.49. The van der Waals surface area contributed by atoms with Crippen molar-refractivity contribution < 1.29 is 14.3 Å². The summed E-state index contributed by atoms with van der Waals surface area (Å²) in [6.45, 7) is 4.45. The smallest absolute Gasteiger partial charge is 0.321 e. The van der Waals surface area contributed by atoms with E-state index in [0.29, 0.717) is 18.2 Å². The molecule has 6 nitrogen and oxygen atoms in total. The number of nitrogens with zero attached hydrogens (tertiary/aromatic N) is 1. The van der Waals surface area contributed by atoms with Gasteiger partial charge in [-0.2, -0.15) is 0 Å². The fourth-order valence-electron chi connectivity index (χ4n) is 2.52. The number of fused-ring (bicyclic) bond motifs is 1. The molecule has 0 aliphatic heterocycles. The summed E-state index contributed by atoms with van der Waals surface area (Å²) in [4.78, 5) is 28.0. The van der Waals surface area contributed by atoms with E-state index in [1.165, 1.54) is 0 Å². The Morgan fingerprint density at radius 1 is 1.11 bits per heavy atom. The Bertz CT molecular complexity index is 918. The molecule has 3 aromatic rings. The normalized spacial score (nSPS) is 10.8. The van der Waals surface area contributed by atoms with Crippen LogP contribution in [-0.2, 0) is 4.79 Å². The molecule has 0 atom stereocenters. The van der Waals surface area contributed by atoms with E-state index in [1.807, 2.05) is 36.4 Å². The molecule has 0 aliphatic carbocycles. The minimum absolute atomic E-state index is 0.224. The molecule has 7 heteroatoms. The molecule has 0 radical (unpaired) electrons. The van der Waals surface area contributed by atoms with Gasteiger partial charge in [0.15, 0.2) is 6.61 Å². The number of rotatable bonds is 7. The molecule has 0 unspecified atom stereocenters. The lowest BCUT2D eigenvalue weighted by Gasteiger charge is -2.09. The summed E-state index contributed by atoms with van der Waals surface area (Å²) in [6, 6.07) is 14.9. The van der Waals surface area contributed by atoms with E-state index in [0.717, 1.165) is 27.2 Å². The van der Waals surface area contributed by atoms with Crippen LogP contribution >= 0.6 is 11.3 Å². The van der Waals surface area contributed by atoms with Crippen molar-refractivity contribution in [1.82, 2.24) is 15.6 Å². The zero-order chi connectivity index (χ0) is 19.9. The molecule has 3 amide bonds. The van der Waals surface area contributed by atoms with Gasteiger partial charge in [-0.25, -0.2) is 9.78 Å². The predicted octanol–water partition coefficient (Wildman–Crippen LogP) is 4.21. The summed E-state index contributed by atoms with van der Waals surface area (Å²) in [6.07, 6.45) is 0.860. The number of nitrogens with one attached hydrogen (secondary N) is 2. The summed E-state index contributed by atoms with van der Waals surface area (Å²) < 4.78 is 6.59. The minimum Gasteiger partial charge on any atom is -0.484 e. The molecule has 0 fully saturated rings. The average Bonchev–Trinajstić information content (AvgIpc) is 3.10. The van der Waals surface area contributed by atoms with E-state index in [4.69, 9.17) is 4.74 Å². The lowest BCUT2D eigenvalue weighted by molar-refractivity contribution is -0.122. The van der Waals surface area contributed by atoms with Gasteiger partial charge in [-0.3, -0.25) is 10.1 Å². The van der Waals surface area contributed by atoms with Gasteiger partial charge in [0, 0.05) is 12.1 Å². The number of benzene rings is 2. The maximum atomic E-state index is 11.8. The van der Waals surface area contributed by atoms with Crippen LogP contribution < -0.4 is 15.4 Å². The van der Waals surface area contributed by atoms with Crippen LogP contribution in [0, 0.1) is 5.92 Å². The van der Waals surface area contributed by atoms with Crippen molar-refractivity contribution in [2.24, 2.45) is 5.92 Å². The predicted molar refractivity (Wildman–Crippen MR) is 112 cm³/mol. The second-order valence-electron chi connectivity index (χ2n) is 6.79. The zero-order valence-electron chi connectivity index (χ0n) is 15.9. The number of carbonyl (C=O) groups is 2. The zero-order valence-corrected chi connectivity index (χ0v) is 16.7. The Labute approximate surface area is 167 Å². The maximum absolute atomic E-state index is 11.8. The monoisotopic (exact) mass is 397 g/mol. The third kappa shape index (κ3) is 5.53. The first-order valence-corrected chi connectivity index (χ1v) is 9.99.